The van der Waals surface area contributed by atoms with Gasteiger partial charge in [0.05, 0.1) is 12.2 Å². The van der Waals surface area contributed by atoms with E-state index in [0.29, 0.717) is 17.2 Å². The van der Waals surface area contributed by atoms with Gasteiger partial charge >= 0.3 is 5.97 Å². The lowest BCUT2D eigenvalue weighted by Crippen LogP contribution is -2.30. The first-order chi connectivity index (χ1) is 14.5. The lowest BCUT2D eigenvalue weighted by molar-refractivity contribution is -0.0767. The highest BCUT2D eigenvalue weighted by Crippen LogP contribution is 2.46. The van der Waals surface area contributed by atoms with E-state index in [9.17, 15) is 15.0 Å². The molecule has 2 aliphatic rings. The van der Waals surface area contributed by atoms with Crippen LogP contribution < -0.4 is 4.74 Å². The van der Waals surface area contributed by atoms with Crippen molar-refractivity contribution in [3.05, 3.63) is 58.6 Å². The predicted molar refractivity (Wildman–Crippen MR) is 111 cm³/mol. The normalized spacial score (nSPS) is 29.6. The Bertz CT molecular complexity index is 885. The minimum Gasteiger partial charge on any atom is -0.491 e. The van der Waals surface area contributed by atoms with Crippen LogP contribution in [0.1, 0.15) is 40.9 Å². The van der Waals surface area contributed by atoms with Gasteiger partial charge < -0.3 is 24.8 Å². The number of thiazole rings is 1. The summed E-state index contributed by atoms with van der Waals surface area (Å²) in [4.78, 5) is 15.2. The van der Waals surface area contributed by atoms with Crippen molar-refractivity contribution in [2.24, 2.45) is 11.8 Å². The monoisotopic (exact) mass is 431 g/mol. The van der Waals surface area contributed by atoms with Gasteiger partial charge in [-0.25, -0.2) is 9.78 Å². The standard InChI is InChI=1S/C22H25NO6S/c24-13(11-28-14-4-2-1-3-5-14)6-7-15-16-8-9-19(29-20(16)10-18(15)25)21-23-17(12-30-21)22(26)27/h1-7,12-13,15-16,18-20,24-25H,8-11H2,(H,26,27)/b7-6+/t13-,15-,16-,18-,19-,20+/m1/s1. The number of carboxylic acids is 1. The third kappa shape index (κ3) is 4.73. The first-order valence-corrected chi connectivity index (χ1v) is 11.0. The molecule has 3 N–H and O–H groups in total. The number of aromatic nitrogens is 1. The number of hydrogen-bond acceptors (Lipinski definition) is 7. The van der Waals surface area contributed by atoms with Gasteiger partial charge in [-0.15, -0.1) is 11.3 Å². The van der Waals surface area contributed by atoms with Crippen molar-refractivity contribution in [1.82, 2.24) is 4.98 Å². The summed E-state index contributed by atoms with van der Waals surface area (Å²) in [6.07, 6.45) is 4.01. The van der Waals surface area contributed by atoms with E-state index in [2.05, 4.69) is 4.98 Å². The summed E-state index contributed by atoms with van der Waals surface area (Å²) < 4.78 is 11.7. The first kappa shape index (κ1) is 21.0. The second-order valence-electron chi connectivity index (χ2n) is 7.74. The van der Waals surface area contributed by atoms with Crippen molar-refractivity contribution < 1.29 is 29.6 Å². The van der Waals surface area contributed by atoms with Gasteiger partial charge in [0.1, 0.15) is 29.6 Å². The molecule has 0 unspecified atom stereocenters. The third-order valence-corrected chi connectivity index (χ3v) is 6.66. The maximum Gasteiger partial charge on any atom is 0.355 e. The maximum absolute atomic E-state index is 11.1. The van der Waals surface area contributed by atoms with E-state index in [-0.39, 0.29) is 36.3 Å². The van der Waals surface area contributed by atoms with E-state index in [1.54, 1.807) is 6.08 Å². The van der Waals surface area contributed by atoms with E-state index < -0.39 is 18.2 Å². The average Bonchev–Trinajstić information content (AvgIpc) is 3.35. The molecule has 0 radical (unpaired) electrons. The molecule has 30 heavy (non-hydrogen) atoms. The number of nitrogens with zero attached hydrogens (tertiary/aromatic N) is 1. The molecule has 0 spiro atoms. The molecule has 0 amide bonds. The van der Waals surface area contributed by atoms with Crippen LogP contribution in [0.25, 0.3) is 0 Å². The van der Waals surface area contributed by atoms with Crippen molar-refractivity contribution in [2.75, 3.05) is 6.61 Å². The number of aromatic carboxylic acids is 1. The van der Waals surface area contributed by atoms with Gasteiger partial charge in [0.2, 0.25) is 0 Å². The number of aliphatic hydroxyl groups excluding tert-OH is 2. The highest BCUT2D eigenvalue weighted by Gasteiger charge is 2.45. The number of hydrogen-bond donors (Lipinski definition) is 3. The van der Waals surface area contributed by atoms with Gasteiger partial charge in [0.25, 0.3) is 0 Å². The zero-order valence-electron chi connectivity index (χ0n) is 16.3. The van der Waals surface area contributed by atoms with Crippen molar-refractivity contribution in [2.45, 2.75) is 43.7 Å². The number of aliphatic hydroxyl groups is 2. The Morgan fingerprint density at radius 1 is 1.33 bits per heavy atom. The van der Waals surface area contributed by atoms with E-state index in [4.69, 9.17) is 14.6 Å². The average molecular weight is 432 g/mol. The van der Waals surface area contributed by atoms with Crippen LogP contribution in [0.2, 0.25) is 0 Å². The van der Waals surface area contributed by atoms with Crippen LogP contribution in [-0.2, 0) is 4.74 Å². The molecule has 6 atom stereocenters. The molecule has 2 fully saturated rings. The minimum absolute atomic E-state index is 0.0414. The molecule has 1 saturated heterocycles. The molecular weight excluding hydrogens is 406 g/mol. The number of para-hydroxylation sites is 1. The zero-order valence-corrected chi connectivity index (χ0v) is 17.1. The number of fused-ring (bicyclic) bond motifs is 1. The summed E-state index contributed by atoms with van der Waals surface area (Å²) in [7, 11) is 0. The van der Waals surface area contributed by atoms with E-state index in [1.807, 2.05) is 36.4 Å². The summed E-state index contributed by atoms with van der Waals surface area (Å²) in [5.41, 5.74) is 0.0414. The molecule has 1 aliphatic heterocycles. The van der Waals surface area contributed by atoms with Gasteiger partial charge in [-0.05, 0) is 30.9 Å². The van der Waals surface area contributed by atoms with Gasteiger partial charge in [0, 0.05) is 17.7 Å². The Morgan fingerprint density at radius 2 is 2.13 bits per heavy atom. The Hall–Kier alpha value is -2.26. The fraction of sp³-hybridized carbons (Fsp3) is 0.455. The predicted octanol–water partition coefficient (Wildman–Crippen LogP) is 3.05. The van der Waals surface area contributed by atoms with Crippen molar-refractivity contribution >= 4 is 17.3 Å². The van der Waals surface area contributed by atoms with Gasteiger partial charge in [0.15, 0.2) is 5.69 Å². The summed E-state index contributed by atoms with van der Waals surface area (Å²) in [6.45, 7) is 0.145. The molecule has 4 rings (SSSR count). The van der Waals surface area contributed by atoms with Crippen molar-refractivity contribution in [1.29, 1.82) is 0 Å². The topological polar surface area (TPSA) is 109 Å². The van der Waals surface area contributed by atoms with Gasteiger partial charge in [-0.2, -0.15) is 0 Å². The molecule has 1 saturated carbocycles. The SMILES string of the molecule is O=C(O)c1csc([C@H]2CC[C@@H]3[C@@H](/C=C/[C@@H](O)COc4ccccc4)[C@H](O)C[C@@H]3O2)n1. The highest BCUT2D eigenvalue weighted by molar-refractivity contribution is 7.09. The fourth-order valence-electron chi connectivity index (χ4n) is 4.26. The summed E-state index contributed by atoms with van der Waals surface area (Å²) in [6, 6.07) is 9.31. The lowest BCUT2D eigenvalue weighted by atomic mass is 9.86. The van der Waals surface area contributed by atoms with Crippen LogP contribution in [0.3, 0.4) is 0 Å². The second kappa shape index (κ2) is 9.26. The van der Waals surface area contributed by atoms with Gasteiger partial charge in [-0.3, -0.25) is 0 Å². The molecule has 0 bridgehead atoms. The maximum atomic E-state index is 11.1. The van der Waals surface area contributed by atoms with Crippen molar-refractivity contribution in [3.63, 3.8) is 0 Å². The highest BCUT2D eigenvalue weighted by atomic mass is 32.1. The Labute approximate surface area is 178 Å². The Kier molecular flexibility index (Phi) is 6.48. The van der Waals surface area contributed by atoms with Crippen LogP contribution in [0.5, 0.6) is 5.75 Å². The van der Waals surface area contributed by atoms with Crippen LogP contribution in [0, 0.1) is 11.8 Å². The summed E-state index contributed by atoms with van der Waals surface area (Å²) in [5.74, 6) is -0.268. The van der Waals surface area contributed by atoms with E-state index >= 15 is 0 Å². The molecule has 7 nitrogen and oxygen atoms in total. The number of rotatable bonds is 7. The smallest absolute Gasteiger partial charge is 0.355 e. The lowest BCUT2D eigenvalue weighted by Gasteiger charge is -2.33. The van der Waals surface area contributed by atoms with Crippen LogP contribution >= 0.6 is 11.3 Å². The number of carbonyl (C=O) groups is 1. The number of carboxylic acid groups (broad SMARTS) is 1. The Balaban J connectivity index is 1.33. The first-order valence-electron chi connectivity index (χ1n) is 10.1. The summed E-state index contributed by atoms with van der Waals surface area (Å²) >= 11 is 1.30. The molecule has 2 aromatic rings. The second-order valence-corrected chi connectivity index (χ2v) is 8.63. The molecule has 1 aromatic heterocycles. The minimum atomic E-state index is -1.04. The molecule has 2 heterocycles. The largest absolute Gasteiger partial charge is 0.491 e. The number of benzene rings is 1. The Morgan fingerprint density at radius 3 is 2.87 bits per heavy atom. The van der Waals surface area contributed by atoms with Crippen molar-refractivity contribution in [3.8, 4) is 5.75 Å². The van der Waals surface area contributed by atoms with E-state index in [1.165, 1.54) is 16.7 Å². The molecular formula is C22H25NO6S. The van der Waals surface area contributed by atoms with Crippen LogP contribution in [0.4, 0.5) is 0 Å². The number of ether oxygens (including phenoxy) is 2. The zero-order chi connectivity index (χ0) is 21.1. The molecule has 1 aliphatic carbocycles. The molecule has 160 valence electrons. The van der Waals surface area contributed by atoms with Crippen LogP contribution in [0.15, 0.2) is 47.9 Å². The molecule has 1 aromatic carbocycles. The summed E-state index contributed by atoms with van der Waals surface area (Å²) in [5, 5.41) is 32.0. The molecule has 8 heteroatoms. The van der Waals surface area contributed by atoms with Crippen LogP contribution in [-0.4, -0.2) is 51.2 Å². The fourth-order valence-corrected chi connectivity index (χ4v) is 5.12. The van der Waals surface area contributed by atoms with E-state index in [0.717, 1.165) is 12.8 Å². The third-order valence-electron chi connectivity index (χ3n) is 5.73. The van der Waals surface area contributed by atoms with Gasteiger partial charge in [-0.1, -0.05) is 30.4 Å². The quantitative estimate of drug-likeness (QED) is 0.578.